The molecule has 41 heavy (non-hydrogen) atoms. The lowest BCUT2D eigenvalue weighted by Gasteiger charge is -2.23. The van der Waals surface area contributed by atoms with E-state index in [1.807, 2.05) is 30.3 Å². The standard InChI is InChI=1S/C31H27ClFN7O/c1-41-18-28(19-5-3-2-4-6-19)37-29-21(15-34)16-35-31-25(29)13-23(14-26(31)32)36-30(20-7-9-22(33)10-8-20)27-17-40(39-38-27)24-11-12-24/h2-10,13-14,16-17,24,28,30,36H,11-12,18H2,1H3,(H,35,37)/t28-,30+/m1/s1/i30D. The summed E-state index contributed by atoms with van der Waals surface area (Å²) in [6.45, 7) is 0.349. The first kappa shape index (κ1) is 25.4. The Morgan fingerprint density at radius 1 is 1.15 bits per heavy atom. The van der Waals surface area contributed by atoms with Gasteiger partial charge in [0.2, 0.25) is 0 Å². The number of halogens is 2. The summed E-state index contributed by atoms with van der Waals surface area (Å²) >= 11 is 6.76. The Morgan fingerprint density at radius 3 is 2.63 bits per heavy atom. The second kappa shape index (κ2) is 11.5. The summed E-state index contributed by atoms with van der Waals surface area (Å²) in [4.78, 5) is 4.46. The lowest BCUT2D eigenvalue weighted by Crippen LogP contribution is -2.17. The van der Waals surface area contributed by atoms with Gasteiger partial charge in [0.25, 0.3) is 0 Å². The molecule has 0 spiro atoms. The maximum Gasteiger partial charge on any atom is 0.123 e. The van der Waals surface area contributed by atoms with Crippen LogP contribution in [0.2, 0.25) is 5.02 Å². The number of aromatic nitrogens is 4. The summed E-state index contributed by atoms with van der Waals surface area (Å²) in [5.41, 5.74) is 3.64. The molecule has 2 N–H and O–H groups in total. The number of pyridine rings is 1. The van der Waals surface area contributed by atoms with Crippen LogP contribution in [0.1, 0.15) is 54.7 Å². The smallest absolute Gasteiger partial charge is 0.123 e. The average Bonchev–Trinajstić information content (AvgIpc) is 3.73. The molecule has 3 aromatic carbocycles. The van der Waals surface area contributed by atoms with Crippen LogP contribution in [0, 0.1) is 17.1 Å². The third kappa shape index (κ3) is 5.71. The van der Waals surface area contributed by atoms with E-state index in [0.29, 0.717) is 50.7 Å². The van der Waals surface area contributed by atoms with E-state index in [2.05, 4.69) is 32.0 Å². The van der Waals surface area contributed by atoms with Gasteiger partial charge in [0.1, 0.15) is 17.6 Å². The predicted molar refractivity (Wildman–Crippen MR) is 156 cm³/mol. The number of ether oxygens (including phenoxy) is 1. The maximum atomic E-state index is 13.9. The van der Waals surface area contributed by atoms with Crippen molar-refractivity contribution in [2.45, 2.75) is 30.9 Å². The maximum absolute atomic E-state index is 13.9. The molecule has 5 aromatic rings. The van der Waals surface area contributed by atoms with Crippen LogP contribution in [0.25, 0.3) is 10.9 Å². The van der Waals surface area contributed by atoms with Crippen LogP contribution in [0.4, 0.5) is 15.8 Å². The minimum Gasteiger partial charge on any atom is -0.382 e. The number of nitriles is 1. The molecule has 8 nitrogen and oxygen atoms in total. The molecule has 206 valence electrons. The lowest BCUT2D eigenvalue weighted by atomic mass is 10.0. The topological polar surface area (TPSA) is 101 Å². The van der Waals surface area contributed by atoms with E-state index >= 15 is 0 Å². The molecule has 1 saturated carbocycles. The zero-order valence-electron chi connectivity index (χ0n) is 23.2. The average molecular weight is 569 g/mol. The van der Waals surface area contributed by atoms with Gasteiger partial charge in [0.05, 0.1) is 54.1 Å². The first-order valence-electron chi connectivity index (χ1n) is 13.7. The van der Waals surface area contributed by atoms with E-state index < -0.39 is 11.8 Å². The molecule has 0 radical (unpaired) electrons. The highest BCUT2D eigenvalue weighted by atomic mass is 35.5. The Kier molecular flexibility index (Phi) is 7.16. The minimum absolute atomic E-state index is 0.267. The van der Waals surface area contributed by atoms with Crippen LogP contribution in [-0.4, -0.2) is 33.7 Å². The molecule has 2 aromatic heterocycles. The summed E-state index contributed by atoms with van der Waals surface area (Å²) in [5.74, 6) is -0.411. The van der Waals surface area contributed by atoms with E-state index in [4.69, 9.17) is 16.3 Å². The Balaban J connectivity index is 1.46. The second-order valence-electron chi connectivity index (χ2n) is 9.90. The van der Waals surface area contributed by atoms with Crippen LogP contribution in [0.5, 0.6) is 0 Å². The van der Waals surface area contributed by atoms with E-state index in [1.165, 1.54) is 18.3 Å². The fourth-order valence-electron chi connectivity index (χ4n) is 4.77. The van der Waals surface area contributed by atoms with Gasteiger partial charge >= 0.3 is 0 Å². The van der Waals surface area contributed by atoms with Crippen molar-refractivity contribution in [3.05, 3.63) is 112 Å². The molecule has 0 amide bonds. The molecule has 6 rings (SSSR count). The van der Waals surface area contributed by atoms with Gasteiger partial charge in [-0.1, -0.05) is 59.3 Å². The van der Waals surface area contributed by atoms with Crippen LogP contribution >= 0.6 is 11.6 Å². The molecule has 0 saturated heterocycles. The van der Waals surface area contributed by atoms with Crippen LogP contribution in [0.15, 0.2) is 79.1 Å². The van der Waals surface area contributed by atoms with Crippen LogP contribution in [-0.2, 0) is 4.74 Å². The van der Waals surface area contributed by atoms with E-state index in [-0.39, 0.29) is 12.1 Å². The number of nitrogens with one attached hydrogen (secondary N) is 2. The number of rotatable bonds is 10. The van der Waals surface area contributed by atoms with Crippen LogP contribution in [0.3, 0.4) is 0 Å². The fraction of sp³-hybridized carbons (Fsp3) is 0.226. The molecule has 2 atom stereocenters. The number of nitrogens with zero attached hydrogens (tertiary/aromatic N) is 5. The van der Waals surface area contributed by atoms with Gasteiger partial charge in [0, 0.05) is 24.4 Å². The number of hydrogen-bond acceptors (Lipinski definition) is 7. The number of fused-ring (bicyclic) bond motifs is 1. The number of hydrogen-bond donors (Lipinski definition) is 2. The molecule has 0 bridgehead atoms. The molecule has 0 aliphatic heterocycles. The summed E-state index contributed by atoms with van der Waals surface area (Å²) in [5, 5.41) is 26.2. The van der Waals surface area contributed by atoms with Gasteiger partial charge in [-0.15, -0.1) is 5.10 Å². The van der Waals surface area contributed by atoms with Crippen molar-refractivity contribution >= 4 is 33.9 Å². The minimum atomic E-state index is -1.63. The quantitative estimate of drug-likeness (QED) is 0.190. The van der Waals surface area contributed by atoms with Crippen molar-refractivity contribution in [3.63, 3.8) is 0 Å². The zero-order valence-corrected chi connectivity index (χ0v) is 22.9. The van der Waals surface area contributed by atoms with Crippen molar-refractivity contribution in [3.8, 4) is 6.07 Å². The monoisotopic (exact) mass is 568 g/mol. The normalized spacial score (nSPS) is 15.5. The largest absolute Gasteiger partial charge is 0.382 e. The molecule has 2 heterocycles. The molecule has 1 fully saturated rings. The van der Waals surface area contributed by atoms with Gasteiger partial charge in [-0.25, -0.2) is 9.07 Å². The summed E-state index contributed by atoms with van der Waals surface area (Å²) in [6, 6.07) is 19.6. The highest BCUT2D eigenvalue weighted by Gasteiger charge is 2.27. The summed E-state index contributed by atoms with van der Waals surface area (Å²) in [6.07, 6.45) is 5.26. The van der Waals surface area contributed by atoms with Crippen molar-refractivity contribution in [2.75, 3.05) is 24.4 Å². The molecular weight excluding hydrogens is 541 g/mol. The van der Waals surface area contributed by atoms with Gasteiger partial charge in [-0.2, -0.15) is 5.26 Å². The van der Waals surface area contributed by atoms with Gasteiger partial charge in [0.15, 0.2) is 0 Å². The third-order valence-corrected chi connectivity index (χ3v) is 7.28. The SMILES string of the molecule is [2H][C@](Nc1cc(Cl)c2ncc(C#N)c(N[C@H](COC)c3ccccc3)c2c1)(c1ccc(F)cc1)c1cn(C2CC2)nn1. The Morgan fingerprint density at radius 2 is 1.93 bits per heavy atom. The van der Waals surface area contributed by atoms with Gasteiger partial charge in [-0.05, 0) is 48.2 Å². The second-order valence-corrected chi connectivity index (χ2v) is 10.3. The van der Waals surface area contributed by atoms with Crippen molar-refractivity contribution in [2.24, 2.45) is 0 Å². The summed E-state index contributed by atoms with van der Waals surface area (Å²) < 4.78 is 30.7. The van der Waals surface area contributed by atoms with Crippen molar-refractivity contribution in [1.82, 2.24) is 20.0 Å². The Hall–Kier alpha value is -4.52. The molecular formula is C31H27ClFN7O. The highest BCUT2D eigenvalue weighted by Crippen LogP contribution is 2.38. The predicted octanol–water partition coefficient (Wildman–Crippen LogP) is 6.83. The molecule has 1 aliphatic rings. The Bertz CT molecular complexity index is 1770. The van der Waals surface area contributed by atoms with Crippen molar-refractivity contribution < 1.29 is 10.5 Å². The summed E-state index contributed by atoms with van der Waals surface area (Å²) in [7, 11) is 1.62. The molecule has 10 heteroatoms. The van der Waals surface area contributed by atoms with Crippen LogP contribution < -0.4 is 10.6 Å². The van der Waals surface area contributed by atoms with E-state index in [0.717, 1.165) is 18.4 Å². The Labute approximate surface area is 243 Å². The highest BCUT2D eigenvalue weighted by molar-refractivity contribution is 6.35. The number of methoxy groups -OCH3 is 1. The zero-order chi connectivity index (χ0) is 29.3. The first-order valence-corrected chi connectivity index (χ1v) is 13.6. The first-order chi connectivity index (χ1) is 20.4. The fourth-order valence-corrected chi connectivity index (χ4v) is 5.04. The van der Waals surface area contributed by atoms with Gasteiger partial charge < -0.3 is 15.4 Å². The third-order valence-electron chi connectivity index (χ3n) is 6.99. The number of anilines is 2. The number of benzene rings is 3. The van der Waals surface area contributed by atoms with E-state index in [9.17, 15) is 11.0 Å². The van der Waals surface area contributed by atoms with Gasteiger partial charge in [-0.3, -0.25) is 4.98 Å². The molecule has 0 unspecified atom stereocenters. The van der Waals surface area contributed by atoms with Crippen molar-refractivity contribution in [1.29, 1.82) is 5.26 Å². The lowest BCUT2D eigenvalue weighted by molar-refractivity contribution is 0.186. The van der Waals surface area contributed by atoms with E-state index in [1.54, 1.807) is 42.3 Å². The molecule has 1 aliphatic carbocycles.